The van der Waals surface area contributed by atoms with Crippen molar-refractivity contribution in [2.24, 2.45) is 0 Å². The molecule has 0 saturated heterocycles. The number of sulfonamides is 1. The van der Waals surface area contributed by atoms with E-state index in [-0.39, 0.29) is 16.5 Å². The van der Waals surface area contributed by atoms with Crippen molar-refractivity contribution in [1.82, 2.24) is 4.31 Å². The van der Waals surface area contributed by atoms with Gasteiger partial charge in [0.25, 0.3) is 0 Å². The number of nitrogens with two attached hydrogens (primary N) is 1. The Morgan fingerprint density at radius 3 is 2.52 bits per heavy atom. The first-order valence-corrected chi connectivity index (χ1v) is 13.3. The normalized spacial score (nSPS) is 12.5. The predicted octanol–water partition coefficient (Wildman–Crippen LogP) is 3.86. The molecule has 27 heavy (non-hydrogen) atoms. The average Bonchev–Trinajstić information content (AvgIpc) is 2.56. The van der Waals surface area contributed by atoms with Gasteiger partial charge in [-0.25, -0.2) is 8.42 Å². The minimum Gasteiger partial charge on any atom is -0.406 e. The van der Waals surface area contributed by atoms with Crippen LogP contribution in [0.15, 0.2) is 41.8 Å². The lowest BCUT2D eigenvalue weighted by Gasteiger charge is -2.35. The van der Waals surface area contributed by atoms with Crippen molar-refractivity contribution >= 4 is 24.0 Å². The van der Waals surface area contributed by atoms with Gasteiger partial charge in [-0.05, 0) is 42.8 Å². The van der Waals surface area contributed by atoms with Gasteiger partial charge in [-0.2, -0.15) is 4.31 Å². The summed E-state index contributed by atoms with van der Waals surface area (Å²) in [6, 6.07) is 6.29. The van der Waals surface area contributed by atoms with Crippen molar-refractivity contribution in [3.8, 4) is 11.8 Å². The van der Waals surface area contributed by atoms with E-state index in [1.165, 1.54) is 10.4 Å². The summed E-state index contributed by atoms with van der Waals surface area (Å²) in [5, 5.41) is 0.112. The van der Waals surface area contributed by atoms with Gasteiger partial charge in [0.05, 0.1) is 18.0 Å². The monoisotopic (exact) mass is 408 g/mol. The largest absolute Gasteiger partial charge is 0.406 e. The number of anilines is 1. The van der Waals surface area contributed by atoms with E-state index in [2.05, 4.69) is 52.3 Å². The molecule has 0 unspecified atom stereocenters. The molecule has 2 N–H and O–H groups in total. The lowest BCUT2D eigenvalue weighted by Crippen LogP contribution is -2.40. The number of hydrogen-bond donors (Lipinski definition) is 1. The highest BCUT2D eigenvalue weighted by atomic mass is 32.2. The van der Waals surface area contributed by atoms with Gasteiger partial charge in [-0.15, -0.1) is 6.58 Å². The molecule has 0 atom stereocenters. The van der Waals surface area contributed by atoms with Crippen LogP contribution in [-0.2, 0) is 14.4 Å². The Kier molecular flexibility index (Phi) is 8.30. The average molecular weight is 409 g/mol. The summed E-state index contributed by atoms with van der Waals surface area (Å²) in [5.74, 6) is 5.90. The van der Waals surface area contributed by atoms with Crippen LogP contribution in [0, 0.1) is 11.8 Å². The third-order valence-electron chi connectivity index (χ3n) is 4.77. The van der Waals surface area contributed by atoms with Gasteiger partial charge in [0.1, 0.15) is 0 Å². The van der Waals surface area contributed by atoms with Gasteiger partial charge in [0.15, 0.2) is 8.32 Å². The fourth-order valence-corrected chi connectivity index (χ4v) is 4.25. The molecular weight excluding hydrogens is 376 g/mol. The predicted molar refractivity (Wildman–Crippen MR) is 115 cm³/mol. The summed E-state index contributed by atoms with van der Waals surface area (Å²) >= 11 is 0. The zero-order valence-electron chi connectivity index (χ0n) is 17.1. The molecule has 0 spiro atoms. The maximum absolute atomic E-state index is 12.9. The van der Waals surface area contributed by atoms with Crippen LogP contribution < -0.4 is 5.73 Å². The quantitative estimate of drug-likeness (QED) is 0.307. The maximum Gasteiger partial charge on any atom is 0.244 e. The van der Waals surface area contributed by atoms with Crippen LogP contribution in [0.1, 0.15) is 27.2 Å². The molecule has 5 nitrogen and oxygen atoms in total. The van der Waals surface area contributed by atoms with E-state index in [4.69, 9.17) is 10.2 Å². The van der Waals surface area contributed by atoms with Crippen LogP contribution in [0.3, 0.4) is 0 Å². The maximum atomic E-state index is 12.9. The summed E-state index contributed by atoms with van der Waals surface area (Å²) in [4.78, 5) is 0.172. The fourth-order valence-electron chi connectivity index (χ4n) is 1.97. The number of nitrogens with zero attached hydrogens (tertiary/aromatic N) is 1. The molecule has 0 saturated carbocycles. The lowest BCUT2D eigenvalue weighted by molar-refractivity contribution is 0.334. The topological polar surface area (TPSA) is 72.6 Å². The van der Waals surface area contributed by atoms with Gasteiger partial charge in [0.2, 0.25) is 10.0 Å². The molecule has 0 bridgehead atoms. The summed E-state index contributed by atoms with van der Waals surface area (Å²) in [6.45, 7) is 15.2. The molecule has 0 aliphatic carbocycles. The van der Waals surface area contributed by atoms with E-state index in [1.807, 2.05) is 0 Å². The second-order valence-corrected chi connectivity index (χ2v) is 14.6. The van der Waals surface area contributed by atoms with Crippen LogP contribution in [0.4, 0.5) is 5.69 Å². The van der Waals surface area contributed by atoms with Crippen molar-refractivity contribution in [3.63, 3.8) is 0 Å². The molecule has 0 aromatic heterocycles. The zero-order chi connectivity index (χ0) is 20.7. The highest BCUT2D eigenvalue weighted by Crippen LogP contribution is 2.36. The first kappa shape index (κ1) is 23.4. The minimum absolute atomic E-state index is 0.103. The van der Waals surface area contributed by atoms with Crippen LogP contribution in [0.2, 0.25) is 18.1 Å². The highest BCUT2D eigenvalue weighted by Gasteiger charge is 2.36. The van der Waals surface area contributed by atoms with Crippen molar-refractivity contribution in [2.75, 3.05) is 25.4 Å². The molecule has 0 amide bonds. The highest BCUT2D eigenvalue weighted by molar-refractivity contribution is 7.89. The Bertz CT molecular complexity index is 802. The second-order valence-electron chi connectivity index (χ2n) is 7.89. The fraction of sp³-hybridized carbons (Fsp3) is 0.500. The summed E-state index contributed by atoms with van der Waals surface area (Å²) < 4.78 is 33.1. The molecule has 1 aromatic rings. The molecule has 0 aliphatic rings. The van der Waals surface area contributed by atoms with Gasteiger partial charge >= 0.3 is 0 Å². The molecule has 0 fully saturated rings. The van der Waals surface area contributed by atoms with Gasteiger partial charge < -0.3 is 10.2 Å². The van der Waals surface area contributed by atoms with E-state index < -0.39 is 18.3 Å². The summed E-state index contributed by atoms with van der Waals surface area (Å²) in [5.41, 5.74) is 6.14. The van der Waals surface area contributed by atoms with Crippen molar-refractivity contribution < 1.29 is 12.8 Å². The van der Waals surface area contributed by atoms with Gasteiger partial charge in [-0.3, -0.25) is 0 Å². The third kappa shape index (κ3) is 6.81. The van der Waals surface area contributed by atoms with E-state index in [0.29, 0.717) is 25.3 Å². The smallest absolute Gasteiger partial charge is 0.244 e. The van der Waals surface area contributed by atoms with E-state index in [1.54, 1.807) is 24.3 Å². The van der Waals surface area contributed by atoms with Crippen molar-refractivity contribution in [1.29, 1.82) is 0 Å². The first-order chi connectivity index (χ1) is 12.4. The molecule has 0 aliphatic heterocycles. The van der Waals surface area contributed by atoms with E-state index in [9.17, 15) is 8.42 Å². The number of hydrogen-bond acceptors (Lipinski definition) is 4. The van der Waals surface area contributed by atoms with Gasteiger partial charge in [0, 0.05) is 12.2 Å². The van der Waals surface area contributed by atoms with E-state index in [0.717, 1.165) is 0 Å². The molecule has 1 aromatic carbocycles. The Balaban J connectivity index is 2.87. The van der Waals surface area contributed by atoms with E-state index >= 15 is 0 Å². The molecule has 7 heteroatoms. The second kappa shape index (κ2) is 9.56. The molecule has 1 rings (SSSR count). The van der Waals surface area contributed by atoms with Crippen LogP contribution in [-0.4, -0.2) is 40.7 Å². The Hall–Kier alpha value is -1.59. The Morgan fingerprint density at radius 2 is 1.96 bits per heavy atom. The van der Waals surface area contributed by atoms with Crippen molar-refractivity contribution in [2.45, 2.75) is 50.2 Å². The SMILES string of the molecule is C=CCCN(CC#CCO[Si](C)(C)C(C)(C)C)S(=O)(=O)c1cccc(N)c1. The summed E-state index contributed by atoms with van der Waals surface area (Å²) in [6.07, 6.45) is 2.24. The summed E-state index contributed by atoms with van der Waals surface area (Å²) in [7, 11) is -5.52. The lowest BCUT2D eigenvalue weighted by atomic mass is 10.2. The molecule has 0 radical (unpaired) electrons. The standard InChI is InChI=1S/C20H32N2O3SSi/c1-7-8-14-22(26(23,24)19-13-11-12-18(21)17-19)15-9-10-16-25-27(5,6)20(2,3)4/h7,11-13,17H,1,8,14-16,21H2,2-6H3. The van der Waals surface area contributed by atoms with Crippen molar-refractivity contribution in [3.05, 3.63) is 36.9 Å². The Morgan fingerprint density at radius 1 is 1.30 bits per heavy atom. The molecular formula is C20H32N2O3SSi. The van der Waals surface area contributed by atoms with Gasteiger partial charge in [-0.1, -0.05) is 44.8 Å². The van der Waals surface area contributed by atoms with Crippen LogP contribution >= 0.6 is 0 Å². The van der Waals surface area contributed by atoms with Crippen LogP contribution in [0.5, 0.6) is 0 Å². The first-order valence-electron chi connectivity index (χ1n) is 8.98. The third-order valence-corrected chi connectivity index (χ3v) is 11.1. The zero-order valence-corrected chi connectivity index (χ0v) is 18.9. The van der Waals surface area contributed by atoms with Crippen LogP contribution in [0.25, 0.3) is 0 Å². The number of nitrogen functional groups attached to an aromatic ring is 1. The Labute approximate surface area is 165 Å². The number of benzene rings is 1. The molecule has 150 valence electrons. The molecule has 0 heterocycles. The number of rotatable bonds is 8. The minimum atomic E-state index is -3.66.